The number of ether oxygens (including phenoxy) is 2. The molecule has 0 fully saturated rings. The van der Waals surface area contributed by atoms with Crippen LogP contribution in [0.5, 0.6) is 11.5 Å². The van der Waals surface area contributed by atoms with Gasteiger partial charge in [-0.1, -0.05) is 6.92 Å². The van der Waals surface area contributed by atoms with Crippen molar-refractivity contribution in [2.75, 3.05) is 20.3 Å². The molecule has 0 bridgehead atoms. The summed E-state index contributed by atoms with van der Waals surface area (Å²) in [4.78, 5) is 33.5. The second-order valence-corrected chi connectivity index (χ2v) is 5.53. The Labute approximate surface area is 152 Å². The highest BCUT2D eigenvalue weighted by Gasteiger charge is 2.13. The molecule has 0 heterocycles. The van der Waals surface area contributed by atoms with E-state index in [1.54, 1.807) is 6.07 Å². The average Bonchev–Trinajstić information content (AvgIpc) is 2.57. The van der Waals surface area contributed by atoms with E-state index in [4.69, 9.17) is 14.6 Å². The molecule has 0 saturated heterocycles. The van der Waals surface area contributed by atoms with Crippen LogP contribution in [-0.4, -0.2) is 49.4 Å². The molecule has 0 aliphatic heterocycles. The maximum absolute atomic E-state index is 11.5. The van der Waals surface area contributed by atoms with Crippen molar-refractivity contribution in [3.05, 3.63) is 22.2 Å². The highest BCUT2D eigenvalue weighted by atomic mass is 79.9. The van der Waals surface area contributed by atoms with E-state index < -0.39 is 24.4 Å². The van der Waals surface area contributed by atoms with Crippen LogP contribution in [0, 0.1) is 0 Å². The molecule has 0 aliphatic rings. The Balaban J connectivity index is 2.79. The number of hydrogen-bond donors (Lipinski definition) is 3. The summed E-state index contributed by atoms with van der Waals surface area (Å²) in [5.41, 5.74) is 2.63. The van der Waals surface area contributed by atoms with E-state index in [0.717, 1.165) is 0 Å². The summed E-state index contributed by atoms with van der Waals surface area (Å²) in [6, 6.07) is 3.13. The molecule has 0 atom stereocenters. The first-order valence-electron chi connectivity index (χ1n) is 7.22. The van der Waals surface area contributed by atoms with Gasteiger partial charge >= 0.3 is 17.8 Å². The Morgan fingerprint density at radius 3 is 2.64 bits per heavy atom. The van der Waals surface area contributed by atoms with Gasteiger partial charge in [0.05, 0.1) is 17.8 Å². The molecule has 3 N–H and O–H groups in total. The zero-order valence-electron chi connectivity index (χ0n) is 13.7. The Morgan fingerprint density at radius 2 is 2.04 bits per heavy atom. The smallest absolute Gasteiger partial charge is 0.341 e. The summed E-state index contributed by atoms with van der Waals surface area (Å²) in [6.07, 6.45) is 2.02. The van der Waals surface area contributed by atoms with Crippen molar-refractivity contribution in [3.63, 3.8) is 0 Å². The number of carbonyl (C=O) groups is 3. The monoisotopic (exact) mass is 415 g/mol. The first-order chi connectivity index (χ1) is 11.9. The second-order valence-electron chi connectivity index (χ2n) is 4.67. The predicted molar refractivity (Wildman–Crippen MR) is 92.9 cm³/mol. The molecule has 10 heteroatoms. The number of hydrazone groups is 1. The SMILES string of the molecule is CCCNC(=O)C(=O)N/N=C\c1cc(Br)c(OCC(=O)O)c(OC)c1. The maximum Gasteiger partial charge on any atom is 0.341 e. The number of halogens is 1. The van der Waals surface area contributed by atoms with E-state index in [1.165, 1.54) is 19.4 Å². The third-order valence-corrected chi connectivity index (χ3v) is 3.30. The summed E-state index contributed by atoms with van der Waals surface area (Å²) in [5, 5.41) is 14.8. The van der Waals surface area contributed by atoms with Gasteiger partial charge in [0, 0.05) is 6.54 Å². The summed E-state index contributed by atoms with van der Waals surface area (Å²) in [7, 11) is 1.40. The van der Waals surface area contributed by atoms with E-state index >= 15 is 0 Å². The van der Waals surface area contributed by atoms with Gasteiger partial charge in [-0.05, 0) is 40.0 Å². The Kier molecular flexibility index (Phi) is 8.40. The number of methoxy groups -OCH3 is 1. The van der Waals surface area contributed by atoms with Crippen LogP contribution < -0.4 is 20.2 Å². The fraction of sp³-hybridized carbons (Fsp3) is 0.333. The van der Waals surface area contributed by atoms with Gasteiger partial charge in [-0.2, -0.15) is 5.10 Å². The van der Waals surface area contributed by atoms with Gasteiger partial charge in [0.25, 0.3) is 0 Å². The molecule has 2 amide bonds. The average molecular weight is 416 g/mol. The van der Waals surface area contributed by atoms with Gasteiger partial charge in [0.15, 0.2) is 18.1 Å². The molecule has 1 aromatic carbocycles. The van der Waals surface area contributed by atoms with Crippen LogP contribution in [0.15, 0.2) is 21.7 Å². The van der Waals surface area contributed by atoms with Crippen LogP contribution in [-0.2, 0) is 14.4 Å². The lowest BCUT2D eigenvalue weighted by molar-refractivity contribution is -0.139. The summed E-state index contributed by atoms with van der Waals surface area (Å²) in [6.45, 7) is 1.74. The fourth-order valence-corrected chi connectivity index (χ4v) is 2.20. The van der Waals surface area contributed by atoms with Crippen molar-refractivity contribution in [2.24, 2.45) is 5.10 Å². The number of carbonyl (C=O) groups excluding carboxylic acids is 2. The van der Waals surface area contributed by atoms with Gasteiger partial charge in [-0.3, -0.25) is 9.59 Å². The first kappa shape index (κ1) is 20.4. The molecule has 0 radical (unpaired) electrons. The van der Waals surface area contributed by atoms with E-state index in [-0.39, 0.29) is 11.5 Å². The number of nitrogens with zero attached hydrogens (tertiary/aromatic N) is 1. The number of nitrogens with one attached hydrogen (secondary N) is 2. The summed E-state index contributed by atoms with van der Waals surface area (Å²) in [5.74, 6) is -2.26. The highest BCUT2D eigenvalue weighted by molar-refractivity contribution is 9.10. The molecule has 25 heavy (non-hydrogen) atoms. The zero-order chi connectivity index (χ0) is 18.8. The molecule has 0 spiro atoms. The lowest BCUT2D eigenvalue weighted by Gasteiger charge is -2.12. The van der Waals surface area contributed by atoms with E-state index in [9.17, 15) is 14.4 Å². The zero-order valence-corrected chi connectivity index (χ0v) is 15.3. The van der Waals surface area contributed by atoms with Crippen LogP contribution in [0.2, 0.25) is 0 Å². The fourth-order valence-electron chi connectivity index (χ4n) is 1.62. The lowest BCUT2D eigenvalue weighted by Crippen LogP contribution is -2.38. The Bertz CT molecular complexity index is 677. The van der Waals surface area contributed by atoms with Crippen LogP contribution in [0.4, 0.5) is 0 Å². The van der Waals surface area contributed by atoms with Crippen molar-refractivity contribution in [1.82, 2.24) is 10.7 Å². The van der Waals surface area contributed by atoms with Crippen LogP contribution >= 0.6 is 15.9 Å². The molecule has 0 aromatic heterocycles. The van der Waals surface area contributed by atoms with Gasteiger partial charge in [-0.25, -0.2) is 10.2 Å². The topological polar surface area (TPSA) is 126 Å². The largest absolute Gasteiger partial charge is 0.493 e. The van der Waals surface area contributed by atoms with Crippen LogP contribution in [0.1, 0.15) is 18.9 Å². The van der Waals surface area contributed by atoms with Gasteiger partial charge in [0.1, 0.15) is 0 Å². The van der Waals surface area contributed by atoms with Crippen molar-refractivity contribution >= 4 is 39.9 Å². The molecule has 136 valence electrons. The van der Waals surface area contributed by atoms with Crippen LogP contribution in [0.3, 0.4) is 0 Å². The van der Waals surface area contributed by atoms with Gasteiger partial charge in [0.2, 0.25) is 0 Å². The quantitative estimate of drug-likeness (QED) is 0.328. The molecule has 1 aromatic rings. The molecule has 9 nitrogen and oxygen atoms in total. The van der Waals surface area contributed by atoms with Crippen molar-refractivity contribution < 1.29 is 29.0 Å². The number of aliphatic carboxylic acids is 1. The van der Waals surface area contributed by atoms with Gasteiger partial charge < -0.3 is 19.9 Å². The third-order valence-electron chi connectivity index (χ3n) is 2.71. The molecular weight excluding hydrogens is 398 g/mol. The number of benzene rings is 1. The molecule has 1 rings (SSSR count). The first-order valence-corrected chi connectivity index (χ1v) is 8.01. The second kappa shape index (κ2) is 10.3. The normalized spacial score (nSPS) is 10.4. The number of hydrogen-bond acceptors (Lipinski definition) is 6. The van der Waals surface area contributed by atoms with Crippen LogP contribution in [0.25, 0.3) is 0 Å². The minimum Gasteiger partial charge on any atom is -0.493 e. The van der Waals surface area contributed by atoms with E-state index in [1.807, 2.05) is 6.92 Å². The Morgan fingerprint density at radius 1 is 1.32 bits per heavy atom. The number of amides is 2. The standard InChI is InChI=1S/C15H18BrN3O6/c1-3-4-17-14(22)15(23)19-18-7-9-5-10(16)13(11(6-9)24-2)25-8-12(20)21/h5-7H,3-4,8H2,1-2H3,(H,17,22)(H,19,23)(H,20,21)/b18-7-. The summed E-state index contributed by atoms with van der Waals surface area (Å²) < 4.78 is 10.7. The molecule has 0 aliphatic carbocycles. The van der Waals surface area contributed by atoms with E-state index in [0.29, 0.717) is 23.0 Å². The van der Waals surface area contributed by atoms with Crippen molar-refractivity contribution in [3.8, 4) is 11.5 Å². The molecular formula is C15H18BrN3O6. The highest BCUT2D eigenvalue weighted by Crippen LogP contribution is 2.36. The van der Waals surface area contributed by atoms with Crippen molar-refractivity contribution in [1.29, 1.82) is 0 Å². The van der Waals surface area contributed by atoms with Gasteiger partial charge in [-0.15, -0.1) is 0 Å². The number of carboxylic acids is 1. The number of rotatable bonds is 8. The third kappa shape index (κ3) is 6.79. The summed E-state index contributed by atoms with van der Waals surface area (Å²) >= 11 is 3.25. The molecule has 0 saturated carbocycles. The predicted octanol–water partition coefficient (Wildman–Crippen LogP) is 0.897. The minimum absolute atomic E-state index is 0.227. The van der Waals surface area contributed by atoms with Crippen molar-refractivity contribution in [2.45, 2.75) is 13.3 Å². The maximum atomic E-state index is 11.5. The number of carboxylic acid groups (broad SMARTS) is 1. The lowest BCUT2D eigenvalue weighted by atomic mass is 10.2. The Hall–Kier alpha value is -2.62. The molecule has 0 unspecified atom stereocenters. The minimum atomic E-state index is -1.12. The van der Waals surface area contributed by atoms with E-state index in [2.05, 4.69) is 31.8 Å².